The minimum absolute atomic E-state index is 0.0628. The highest BCUT2D eigenvalue weighted by Crippen LogP contribution is 2.19. The van der Waals surface area contributed by atoms with Crippen molar-refractivity contribution < 1.29 is 24.2 Å². The van der Waals surface area contributed by atoms with Gasteiger partial charge in [-0.2, -0.15) is 0 Å². The second-order valence-corrected chi connectivity index (χ2v) is 24.3. The Bertz CT molecular complexity index is 1480. The van der Waals surface area contributed by atoms with Crippen LogP contribution in [0, 0.1) is 0 Å². The van der Waals surface area contributed by atoms with E-state index in [1.54, 1.807) is 0 Å². The second-order valence-electron chi connectivity index (χ2n) is 24.3. The lowest BCUT2D eigenvalue weighted by molar-refractivity contribution is -0.161. The quantitative estimate of drug-likeness (QED) is 0.0373. The molecule has 0 saturated heterocycles. The Morgan fingerprint density at radius 2 is 0.524 bits per heavy atom. The molecule has 0 aliphatic rings. The van der Waals surface area contributed by atoms with Gasteiger partial charge < -0.3 is 14.6 Å². The van der Waals surface area contributed by atoms with Gasteiger partial charge in [0.25, 0.3) is 0 Å². The smallest absolute Gasteiger partial charge is 0.306 e. The molecule has 0 aromatic heterocycles. The van der Waals surface area contributed by atoms with Gasteiger partial charge in [-0.1, -0.05) is 356 Å². The summed E-state index contributed by atoms with van der Waals surface area (Å²) in [5.74, 6) is -0.572. The molecular weight excluding hydrogens is 1000 g/mol. The Kier molecular flexibility index (Phi) is 69.8. The Labute approximate surface area is 511 Å². The van der Waals surface area contributed by atoms with Crippen LogP contribution in [0.2, 0.25) is 0 Å². The van der Waals surface area contributed by atoms with Crippen molar-refractivity contribution in [1.82, 2.24) is 0 Å². The van der Waals surface area contributed by atoms with E-state index in [9.17, 15) is 14.7 Å². The van der Waals surface area contributed by atoms with Crippen LogP contribution < -0.4 is 0 Å². The maximum absolute atomic E-state index is 12.4. The first-order valence-electron chi connectivity index (χ1n) is 36.1. The van der Waals surface area contributed by atoms with E-state index in [-0.39, 0.29) is 25.2 Å². The first kappa shape index (κ1) is 79.1. The van der Waals surface area contributed by atoms with Crippen molar-refractivity contribution in [1.29, 1.82) is 0 Å². The number of carbonyl (C=O) groups excluding carboxylic acids is 2. The van der Waals surface area contributed by atoms with Crippen LogP contribution in [-0.4, -0.2) is 36.4 Å². The van der Waals surface area contributed by atoms with Gasteiger partial charge in [-0.25, -0.2) is 0 Å². The molecule has 0 rings (SSSR count). The lowest BCUT2D eigenvalue weighted by Crippen LogP contribution is -2.28. The van der Waals surface area contributed by atoms with E-state index < -0.39 is 6.10 Å². The van der Waals surface area contributed by atoms with Crippen molar-refractivity contribution >= 4 is 11.9 Å². The summed E-state index contributed by atoms with van der Waals surface area (Å²) in [6.45, 7) is 4.06. The molecule has 0 spiro atoms. The van der Waals surface area contributed by atoms with Crippen LogP contribution in [-0.2, 0) is 19.1 Å². The van der Waals surface area contributed by atoms with Crippen molar-refractivity contribution in [2.75, 3.05) is 13.2 Å². The van der Waals surface area contributed by atoms with E-state index in [1.165, 1.54) is 270 Å². The van der Waals surface area contributed by atoms with Crippen LogP contribution in [0.1, 0.15) is 373 Å². The second kappa shape index (κ2) is 72.3. The molecule has 0 aromatic rings. The highest BCUT2D eigenvalue weighted by Gasteiger charge is 2.16. The van der Waals surface area contributed by atoms with E-state index in [0.717, 1.165) is 77.0 Å². The summed E-state index contributed by atoms with van der Waals surface area (Å²) in [6, 6.07) is 0. The molecule has 5 heteroatoms. The molecule has 0 fully saturated rings. The highest BCUT2D eigenvalue weighted by atomic mass is 16.6. The molecular formula is C77H138O5. The molecule has 82 heavy (non-hydrogen) atoms. The zero-order valence-electron chi connectivity index (χ0n) is 54.8. The van der Waals surface area contributed by atoms with Gasteiger partial charge >= 0.3 is 11.9 Å². The van der Waals surface area contributed by atoms with Gasteiger partial charge in [-0.15, -0.1) is 0 Å². The van der Waals surface area contributed by atoms with E-state index in [4.69, 9.17) is 9.47 Å². The first-order chi connectivity index (χ1) is 40.6. The van der Waals surface area contributed by atoms with Crippen LogP contribution in [0.4, 0.5) is 0 Å². The van der Waals surface area contributed by atoms with Gasteiger partial charge in [0.15, 0.2) is 6.10 Å². The third-order valence-electron chi connectivity index (χ3n) is 16.2. The van der Waals surface area contributed by atoms with Crippen LogP contribution in [0.3, 0.4) is 0 Å². The maximum atomic E-state index is 12.4. The minimum Gasteiger partial charge on any atom is -0.462 e. The average Bonchev–Trinajstić information content (AvgIpc) is 3.49. The van der Waals surface area contributed by atoms with Crippen molar-refractivity contribution in [3.8, 4) is 0 Å². The van der Waals surface area contributed by atoms with E-state index >= 15 is 0 Å². The number of ether oxygens (including phenoxy) is 2. The van der Waals surface area contributed by atoms with Gasteiger partial charge in [0.1, 0.15) is 6.61 Å². The Morgan fingerprint density at radius 1 is 0.293 bits per heavy atom. The van der Waals surface area contributed by atoms with E-state index in [2.05, 4.69) is 98.9 Å². The number of unbranched alkanes of at least 4 members (excludes halogenated alkanes) is 45. The Hall–Kier alpha value is -2.92. The van der Waals surface area contributed by atoms with E-state index in [0.29, 0.717) is 12.8 Å². The number of allylic oxidation sites excluding steroid dienone is 14. The lowest BCUT2D eigenvalue weighted by Gasteiger charge is -2.15. The molecule has 0 aromatic carbocycles. The summed E-state index contributed by atoms with van der Waals surface area (Å²) in [5, 5.41) is 9.71. The molecule has 1 atom stereocenters. The molecule has 0 saturated carbocycles. The lowest BCUT2D eigenvalue weighted by atomic mass is 10.0. The number of hydrogen-bond donors (Lipinski definition) is 1. The fourth-order valence-corrected chi connectivity index (χ4v) is 10.8. The summed E-state index contributed by atoms with van der Waals surface area (Å²) < 4.78 is 10.8. The molecule has 0 aliphatic carbocycles. The fraction of sp³-hybridized carbons (Fsp3) is 0.792. The number of carbonyl (C=O) groups is 2. The van der Waals surface area contributed by atoms with Crippen molar-refractivity contribution in [3.63, 3.8) is 0 Å². The monoisotopic (exact) mass is 1140 g/mol. The molecule has 0 aliphatic heterocycles. The molecule has 0 radical (unpaired) electrons. The predicted molar refractivity (Wildman–Crippen MR) is 362 cm³/mol. The fourth-order valence-electron chi connectivity index (χ4n) is 10.8. The highest BCUT2D eigenvalue weighted by molar-refractivity contribution is 5.70. The van der Waals surface area contributed by atoms with E-state index in [1.807, 2.05) is 0 Å². The normalized spacial score (nSPS) is 12.7. The van der Waals surface area contributed by atoms with Crippen LogP contribution in [0.15, 0.2) is 85.1 Å². The summed E-state index contributed by atoms with van der Waals surface area (Å²) in [5.41, 5.74) is 0. The summed E-state index contributed by atoms with van der Waals surface area (Å²) in [7, 11) is 0. The molecule has 0 bridgehead atoms. The maximum Gasteiger partial charge on any atom is 0.306 e. The third kappa shape index (κ3) is 69.6. The van der Waals surface area contributed by atoms with Crippen LogP contribution in [0.5, 0.6) is 0 Å². The van der Waals surface area contributed by atoms with Gasteiger partial charge in [0, 0.05) is 12.8 Å². The van der Waals surface area contributed by atoms with Gasteiger partial charge in [0.2, 0.25) is 0 Å². The molecule has 1 N–H and O–H groups in total. The van der Waals surface area contributed by atoms with Crippen LogP contribution >= 0.6 is 0 Å². The summed E-state index contributed by atoms with van der Waals surface area (Å²) >= 11 is 0. The minimum atomic E-state index is -0.774. The molecule has 0 heterocycles. The number of esters is 2. The third-order valence-corrected chi connectivity index (χ3v) is 16.2. The molecule has 5 nitrogen and oxygen atoms in total. The SMILES string of the molecule is CC/C=C\C/C=C\C/C=C\C/C=C\CCCCCCCCCCCCCCCCCCCCCCCCC(=O)OC(CO)COC(=O)CCCCCCCCCCCCCCCCCCCC/C=C\C/C=C\C/C=C\CCCCCCC. The van der Waals surface area contributed by atoms with Gasteiger partial charge in [0.05, 0.1) is 6.61 Å². The summed E-state index contributed by atoms with van der Waals surface area (Å²) in [4.78, 5) is 24.7. The molecule has 0 amide bonds. The number of aliphatic hydroxyl groups is 1. The molecule has 1 unspecified atom stereocenters. The predicted octanol–water partition coefficient (Wildman–Crippen LogP) is 25.2. The van der Waals surface area contributed by atoms with Gasteiger partial charge in [-0.3, -0.25) is 9.59 Å². The number of aliphatic hydroxyl groups excluding tert-OH is 1. The topological polar surface area (TPSA) is 72.8 Å². The Balaban J connectivity index is 3.41. The standard InChI is InChI=1S/C77H138O5/c1-3-5-7-9-11-13-15-17-19-21-23-25-27-29-31-33-35-37-38-40-42-44-46-48-50-52-54-56-58-60-62-64-66-68-70-72-77(80)82-75(73-78)74-81-76(79)71-69-67-65-63-61-59-57-55-53-51-49-47-45-43-41-39-36-34-32-30-28-26-24-22-20-18-16-14-12-10-8-6-4-2/h5,7,11,13,16-19,22-25,28,30,75,78H,3-4,6,8-10,12,14-15,20-21,26-27,29,31-74H2,1-2H3/b7-5-,13-11-,18-16-,19-17-,24-22-,25-23-,30-28-. The van der Waals surface area contributed by atoms with Crippen molar-refractivity contribution in [3.05, 3.63) is 85.1 Å². The first-order valence-corrected chi connectivity index (χ1v) is 36.1. The molecule has 476 valence electrons. The van der Waals surface area contributed by atoms with Crippen molar-refractivity contribution in [2.24, 2.45) is 0 Å². The zero-order valence-corrected chi connectivity index (χ0v) is 54.8. The largest absolute Gasteiger partial charge is 0.462 e. The van der Waals surface area contributed by atoms with Crippen LogP contribution in [0.25, 0.3) is 0 Å². The Morgan fingerprint density at radius 3 is 0.793 bits per heavy atom. The van der Waals surface area contributed by atoms with Gasteiger partial charge in [-0.05, 0) is 89.9 Å². The average molecular weight is 1140 g/mol. The zero-order chi connectivity index (χ0) is 59.1. The van der Waals surface area contributed by atoms with Crippen molar-refractivity contribution in [2.45, 2.75) is 380 Å². The number of hydrogen-bond acceptors (Lipinski definition) is 5. The number of rotatable bonds is 67. The summed E-state index contributed by atoms with van der Waals surface area (Å²) in [6.07, 6.45) is 102.